The van der Waals surface area contributed by atoms with Crippen LogP contribution in [0.3, 0.4) is 0 Å². The normalized spacial score (nSPS) is 20.6. The lowest BCUT2D eigenvalue weighted by Crippen LogP contribution is -2.43. The Morgan fingerprint density at radius 2 is 2.00 bits per heavy atom. The second-order valence-electron chi connectivity index (χ2n) is 7.31. The van der Waals surface area contributed by atoms with Crippen molar-refractivity contribution in [1.29, 1.82) is 0 Å². The molecule has 0 unspecified atom stereocenters. The van der Waals surface area contributed by atoms with Gasteiger partial charge in [-0.1, -0.05) is 55.2 Å². The topological polar surface area (TPSA) is 37.3 Å². The Morgan fingerprint density at radius 3 is 2.83 bits per heavy atom. The summed E-state index contributed by atoms with van der Waals surface area (Å²) < 4.78 is 0. The molecule has 1 fully saturated rings. The van der Waals surface area contributed by atoms with E-state index in [-0.39, 0.29) is 5.41 Å². The third-order valence-electron chi connectivity index (χ3n) is 5.47. The minimum atomic E-state index is 0.193. The molecule has 1 aromatic carbocycles. The maximum atomic E-state index is 5.04. The second-order valence-corrected chi connectivity index (χ2v) is 7.31. The number of rotatable bonds is 2. The van der Waals surface area contributed by atoms with E-state index in [1.165, 1.54) is 48.8 Å². The van der Waals surface area contributed by atoms with Crippen LogP contribution in [0, 0.1) is 12.3 Å². The van der Waals surface area contributed by atoms with Crippen molar-refractivity contribution in [2.45, 2.75) is 52.0 Å². The summed E-state index contributed by atoms with van der Waals surface area (Å²) in [5, 5.41) is 3.58. The van der Waals surface area contributed by atoms with Gasteiger partial charge in [-0.05, 0) is 43.4 Å². The molecule has 4 rings (SSSR count). The molecule has 0 bridgehead atoms. The van der Waals surface area contributed by atoms with E-state index in [1.807, 2.05) is 12.3 Å². The molecule has 1 saturated carbocycles. The van der Waals surface area contributed by atoms with Crippen LogP contribution in [0.2, 0.25) is 0 Å². The van der Waals surface area contributed by atoms with Gasteiger partial charge in [-0.15, -0.1) is 0 Å². The van der Waals surface area contributed by atoms with Crippen LogP contribution < -0.4 is 5.32 Å². The van der Waals surface area contributed by atoms with Crippen molar-refractivity contribution < 1.29 is 0 Å². The molecule has 3 nitrogen and oxygen atoms in total. The first-order valence-corrected chi connectivity index (χ1v) is 9.07. The highest BCUT2D eigenvalue weighted by atomic mass is 15.1. The molecular formula is C21H25N3. The zero-order valence-electron chi connectivity index (χ0n) is 14.4. The fraction of sp³-hybridized carbons (Fsp3) is 0.429. The lowest BCUT2D eigenvalue weighted by Gasteiger charge is -2.42. The molecule has 124 valence electrons. The second kappa shape index (κ2) is 6.39. The van der Waals surface area contributed by atoms with Crippen LogP contribution in [0.25, 0.3) is 0 Å². The van der Waals surface area contributed by atoms with E-state index < -0.39 is 0 Å². The van der Waals surface area contributed by atoms with E-state index >= 15 is 0 Å². The van der Waals surface area contributed by atoms with Crippen molar-refractivity contribution in [1.82, 2.24) is 4.98 Å². The Hall–Kier alpha value is -2.16. The number of anilines is 1. The number of fused-ring (bicyclic) bond motifs is 1. The van der Waals surface area contributed by atoms with Crippen LogP contribution in [0.1, 0.15) is 48.8 Å². The number of hydrogen-bond acceptors (Lipinski definition) is 2. The van der Waals surface area contributed by atoms with E-state index in [9.17, 15) is 0 Å². The molecule has 1 N–H and O–H groups in total. The third-order valence-corrected chi connectivity index (χ3v) is 5.47. The fourth-order valence-corrected chi connectivity index (χ4v) is 4.22. The average Bonchev–Trinajstić information content (AvgIpc) is 2.61. The molecule has 1 aliphatic heterocycles. The van der Waals surface area contributed by atoms with Crippen LogP contribution in [-0.4, -0.2) is 10.8 Å². The molecule has 24 heavy (non-hydrogen) atoms. The summed E-state index contributed by atoms with van der Waals surface area (Å²) in [6.07, 6.45) is 9.38. The highest BCUT2D eigenvalue weighted by Crippen LogP contribution is 2.44. The van der Waals surface area contributed by atoms with Crippen molar-refractivity contribution >= 4 is 11.7 Å². The van der Waals surface area contributed by atoms with Crippen LogP contribution in [0.4, 0.5) is 5.82 Å². The maximum absolute atomic E-state index is 5.04. The first kappa shape index (κ1) is 15.4. The van der Waals surface area contributed by atoms with Gasteiger partial charge in [0, 0.05) is 11.6 Å². The van der Waals surface area contributed by atoms with E-state index in [0.29, 0.717) is 0 Å². The van der Waals surface area contributed by atoms with Gasteiger partial charge >= 0.3 is 0 Å². The molecule has 2 heterocycles. The number of nitrogens with zero attached hydrogens (tertiary/aromatic N) is 2. The lowest BCUT2D eigenvalue weighted by atomic mass is 9.68. The number of nitrogens with one attached hydrogen (secondary N) is 1. The molecule has 1 aliphatic carbocycles. The third kappa shape index (κ3) is 2.95. The highest BCUT2D eigenvalue weighted by Gasteiger charge is 2.41. The summed E-state index contributed by atoms with van der Waals surface area (Å²) in [5.41, 5.74) is 4.11. The van der Waals surface area contributed by atoms with Gasteiger partial charge in [-0.3, -0.25) is 4.99 Å². The molecule has 1 aromatic heterocycles. The van der Waals surface area contributed by atoms with Crippen molar-refractivity contribution in [2.75, 3.05) is 5.32 Å². The Bertz CT molecular complexity index is 757. The van der Waals surface area contributed by atoms with E-state index in [2.05, 4.69) is 47.6 Å². The number of amidine groups is 1. The maximum Gasteiger partial charge on any atom is 0.134 e. The molecule has 0 saturated heterocycles. The van der Waals surface area contributed by atoms with Crippen LogP contribution in [0.15, 0.2) is 47.6 Å². The van der Waals surface area contributed by atoms with Gasteiger partial charge < -0.3 is 5.32 Å². The zero-order valence-corrected chi connectivity index (χ0v) is 14.4. The SMILES string of the molecule is Cc1cccc(CN=C2Nc3ncccc3CC23CCCCC3)c1. The van der Waals surface area contributed by atoms with Gasteiger partial charge in [0.1, 0.15) is 11.7 Å². The molecule has 1 spiro atoms. The smallest absolute Gasteiger partial charge is 0.134 e. The minimum Gasteiger partial charge on any atom is -0.328 e. The Labute approximate surface area is 144 Å². The monoisotopic (exact) mass is 319 g/mol. The zero-order chi connectivity index (χ0) is 16.4. The highest BCUT2D eigenvalue weighted by molar-refractivity contribution is 6.01. The van der Waals surface area contributed by atoms with Crippen LogP contribution >= 0.6 is 0 Å². The van der Waals surface area contributed by atoms with Crippen molar-refractivity contribution in [2.24, 2.45) is 10.4 Å². The fourth-order valence-electron chi connectivity index (χ4n) is 4.22. The molecule has 0 atom stereocenters. The number of benzene rings is 1. The Balaban J connectivity index is 1.66. The number of aromatic nitrogens is 1. The van der Waals surface area contributed by atoms with E-state index in [0.717, 1.165) is 24.6 Å². The van der Waals surface area contributed by atoms with E-state index in [4.69, 9.17) is 4.99 Å². The summed E-state index contributed by atoms with van der Waals surface area (Å²) >= 11 is 0. The summed E-state index contributed by atoms with van der Waals surface area (Å²) in [4.78, 5) is 9.56. The summed E-state index contributed by atoms with van der Waals surface area (Å²) in [5.74, 6) is 2.16. The average molecular weight is 319 g/mol. The minimum absolute atomic E-state index is 0.193. The van der Waals surface area contributed by atoms with Crippen LogP contribution in [-0.2, 0) is 13.0 Å². The van der Waals surface area contributed by atoms with Crippen molar-refractivity contribution in [3.05, 3.63) is 59.3 Å². The molecule has 2 aromatic rings. The number of hydrogen-bond donors (Lipinski definition) is 1. The van der Waals surface area contributed by atoms with Crippen LogP contribution in [0.5, 0.6) is 0 Å². The molecule has 0 radical (unpaired) electrons. The number of aliphatic imine (C=N–C) groups is 1. The molecule has 2 aliphatic rings. The predicted molar refractivity (Wildman–Crippen MR) is 99.4 cm³/mol. The van der Waals surface area contributed by atoms with Gasteiger partial charge in [0.2, 0.25) is 0 Å². The van der Waals surface area contributed by atoms with Crippen molar-refractivity contribution in [3.8, 4) is 0 Å². The molecule has 3 heteroatoms. The quantitative estimate of drug-likeness (QED) is 0.854. The Morgan fingerprint density at radius 1 is 1.12 bits per heavy atom. The summed E-state index contributed by atoms with van der Waals surface area (Å²) in [7, 11) is 0. The Kier molecular flexibility index (Phi) is 4.09. The number of pyridine rings is 1. The first-order chi connectivity index (χ1) is 11.8. The predicted octanol–water partition coefficient (Wildman–Crippen LogP) is 4.91. The number of aryl methyl sites for hydroxylation is 1. The first-order valence-electron chi connectivity index (χ1n) is 9.07. The summed E-state index contributed by atoms with van der Waals surface area (Å²) in [6, 6.07) is 12.9. The van der Waals surface area contributed by atoms with Gasteiger partial charge in [0.15, 0.2) is 0 Å². The van der Waals surface area contributed by atoms with E-state index in [1.54, 1.807) is 0 Å². The standard InChI is InChI=1S/C21H25N3/c1-16-7-5-8-17(13-16)15-23-20-21(10-3-2-4-11-21)14-18-9-6-12-22-19(18)24-20/h5-9,12-13H,2-4,10-11,14-15H2,1H3,(H,22,23,24). The van der Waals surface area contributed by atoms with Gasteiger partial charge in [-0.2, -0.15) is 0 Å². The van der Waals surface area contributed by atoms with Crippen molar-refractivity contribution in [3.63, 3.8) is 0 Å². The van der Waals surface area contributed by atoms with Gasteiger partial charge in [-0.25, -0.2) is 4.98 Å². The van der Waals surface area contributed by atoms with Gasteiger partial charge in [0.25, 0.3) is 0 Å². The lowest BCUT2D eigenvalue weighted by molar-refractivity contribution is 0.278. The van der Waals surface area contributed by atoms with Gasteiger partial charge in [0.05, 0.1) is 6.54 Å². The molecular weight excluding hydrogens is 294 g/mol. The summed E-state index contributed by atoms with van der Waals surface area (Å²) in [6.45, 7) is 2.88. The molecule has 0 amide bonds. The largest absolute Gasteiger partial charge is 0.328 e.